The molecule has 3 aromatic carbocycles. The number of para-hydroxylation sites is 1. The van der Waals surface area contributed by atoms with Gasteiger partial charge in [-0.1, -0.05) is 36.4 Å². The summed E-state index contributed by atoms with van der Waals surface area (Å²) in [4.78, 5) is 16.1. The van der Waals surface area contributed by atoms with Crippen molar-refractivity contribution in [3.05, 3.63) is 89.0 Å². The Labute approximate surface area is 178 Å². The maximum Gasteiger partial charge on any atom is 0.336 e. The van der Waals surface area contributed by atoms with E-state index in [0.717, 1.165) is 33.8 Å². The van der Waals surface area contributed by atoms with E-state index in [1.165, 1.54) is 0 Å². The lowest BCUT2D eigenvalue weighted by Crippen LogP contribution is -2.15. The summed E-state index contributed by atoms with van der Waals surface area (Å²) in [6.45, 7) is 0. The Hall–Kier alpha value is -3.47. The molecule has 0 amide bonds. The monoisotopic (exact) mass is 404 g/mol. The molecule has 3 aromatic rings. The van der Waals surface area contributed by atoms with Crippen molar-refractivity contribution in [2.75, 3.05) is 45.1 Å². The van der Waals surface area contributed by atoms with Crippen molar-refractivity contribution in [2.45, 2.75) is 5.92 Å². The Kier molecular flexibility index (Phi) is 6.31. The molecule has 0 radical (unpaired) electrons. The highest BCUT2D eigenvalue weighted by Crippen LogP contribution is 2.40. The van der Waals surface area contributed by atoms with Gasteiger partial charge in [-0.3, -0.25) is 0 Å². The molecule has 0 saturated heterocycles. The lowest BCUT2D eigenvalue weighted by molar-refractivity contribution is 0.0695. The van der Waals surface area contributed by atoms with Gasteiger partial charge in [-0.15, -0.1) is 0 Å². The van der Waals surface area contributed by atoms with Crippen LogP contribution in [0.15, 0.2) is 66.7 Å². The van der Waals surface area contributed by atoms with Crippen LogP contribution in [0.4, 0.5) is 11.4 Å². The lowest BCUT2D eigenvalue weighted by atomic mass is 9.82. The molecule has 0 aliphatic carbocycles. The quantitative estimate of drug-likeness (QED) is 0.578. The molecule has 1 atom stereocenters. The molecule has 0 fully saturated rings. The van der Waals surface area contributed by atoms with Crippen LogP contribution in [0.5, 0.6) is 5.75 Å². The molecule has 0 spiro atoms. The van der Waals surface area contributed by atoms with Crippen molar-refractivity contribution in [3.8, 4) is 5.75 Å². The summed E-state index contributed by atoms with van der Waals surface area (Å²) >= 11 is 0. The number of aromatic carboxylic acids is 1. The molecular weight excluding hydrogens is 376 g/mol. The second kappa shape index (κ2) is 8.91. The largest absolute Gasteiger partial charge is 0.496 e. The van der Waals surface area contributed by atoms with Gasteiger partial charge >= 0.3 is 5.97 Å². The number of carboxylic acids is 1. The number of rotatable bonds is 7. The first-order chi connectivity index (χ1) is 14.3. The number of hydrogen-bond donors (Lipinski definition) is 1. The summed E-state index contributed by atoms with van der Waals surface area (Å²) in [7, 11) is 9.43. The van der Waals surface area contributed by atoms with Gasteiger partial charge in [-0.25, -0.2) is 4.79 Å². The molecule has 1 unspecified atom stereocenters. The van der Waals surface area contributed by atoms with Crippen LogP contribution in [0.3, 0.4) is 0 Å². The summed E-state index contributed by atoms with van der Waals surface area (Å²) in [6.07, 6.45) is 0. The van der Waals surface area contributed by atoms with Crippen molar-refractivity contribution in [2.24, 2.45) is 0 Å². The molecular formula is C25H28N2O3. The number of methoxy groups -OCH3 is 1. The van der Waals surface area contributed by atoms with E-state index in [9.17, 15) is 9.90 Å². The first-order valence-corrected chi connectivity index (χ1v) is 9.78. The van der Waals surface area contributed by atoms with Crippen LogP contribution in [-0.4, -0.2) is 46.4 Å². The zero-order valence-corrected chi connectivity index (χ0v) is 18.1. The van der Waals surface area contributed by atoms with Gasteiger partial charge in [0.05, 0.1) is 12.7 Å². The van der Waals surface area contributed by atoms with E-state index in [1.807, 2.05) is 86.5 Å². The number of benzene rings is 3. The van der Waals surface area contributed by atoms with E-state index in [1.54, 1.807) is 13.2 Å². The van der Waals surface area contributed by atoms with E-state index in [-0.39, 0.29) is 11.5 Å². The molecule has 0 bridgehead atoms. The highest BCUT2D eigenvalue weighted by atomic mass is 16.5. The summed E-state index contributed by atoms with van der Waals surface area (Å²) in [5.74, 6) is -0.495. The third kappa shape index (κ3) is 4.25. The molecule has 5 nitrogen and oxygen atoms in total. The normalized spacial score (nSPS) is 11.6. The number of hydrogen-bond acceptors (Lipinski definition) is 4. The standard InChI is InChI=1S/C25H28N2O3/c1-26(2)18-12-10-17(11-13-18)24(21-8-6-7-9-23(21)30-5)20-15-14-19(27(3)4)16-22(20)25(28)29/h6-16,24H,1-5H3,(H,28,29). The van der Waals surface area contributed by atoms with Crippen LogP contribution in [0, 0.1) is 0 Å². The summed E-state index contributed by atoms with van der Waals surface area (Å²) in [5.41, 5.74) is 4.88. The molecule has 5 heteroatoms. The number of anilines is 2. The van der Waals surface area contributed by atoms with Crippen molar-refractivity contribution in [1.82, 2.24) is 0 Å². The number of carboxylic acid groups (broad SMARTS) is 1. The van der Waals surface area contributed by atoms with Gasteiger partial charge in [0.25, 0.3) is 0 Å². The van der Waals surface area contributed by atoms with Gasteiger partial charge in [0.2, 0.25) is 0 Å². The fourth-order valence-electron chi connectivity index (χ4n) is 3.66. The molecule has 3 rings (SSSR count). The molecule has 0 aromatic heterocycles. The Morgan fingerprint density at radius 3 is 2.00 bits per heavy atom. The number of carbonyl (C=O) groups is 1. The molecule has 0 saturated carbocycles. The molecule has 0 aliphatic heterocycles. The highest BCUT2D eigenvalue weighted by molar-refractivity contribution is 5.91. The maximum atomic E-state index is 12.2. The highest BCUT2D eigenvalue weighted by Gasteiger charge is 2.25. The second-order valence-corrected chi connectivity index (χ2v) is 7.63. The zero-order chi connectivity index (χ0) is 21.8. The third-order valence-corrected chi connectivity index (χ3v) is 5.29. The second-order valence-electron chi connectivity index (χ2n) is 7.63. The number of ether oxygens (including phenoxy) is 1. The van der Waals surface area contributed by atoms with Gasteiger partial charge < -0.3 is 19.6 Å². The topological polar surface area (TPSA) is 53.0 Å². The van der Waals surface area contributed by atoms with E-state index in [2.05, 4.69) is 12.1 Å². The zero-order valence-electron chi connectivity index (χ0n) is 18.1. The van der Waals surface area contributed by atoms with Gasteiger partial charge in [0.1, 0.15) is 5.75 Å². The predicted molar refractivity (Wildman–Crippen MR) is 122 cm³/mol. The predicted octanol–water partition coefficient (Wildman–Crippen LogP) is 4.71. The van der Waals surface area contributed by atoms with Crippen LogP contribution in [0.25, 0.3) is 0 Å². The molecule has 1 N–H and O–H groups in total. The third-order valence-electron chi connectivity index (χ3n) is 5.29. The summed E-state index contributed by atoms with van der Waals surface area (Å²) in [5, 5.41) is 10.0. The van der Waals surface area contributed by atoms with Crippen LogP contribution in [-0.2, 0) is 0 Å². The van der Waals surface area contributed by atoms with Crippen LogP contribution >= 0.6 is 0 Å². The first-order valence-electron chi connectivity index (χ1n) is 9.78. The van der Waals surface area contributed by atoms with Gasteiger partial charge in [0, 0.05) is 51.0 Å². The SMILES string of the molecule is COc1ccccc1C(c1ccc(N(C)C)cc1)c1ccc(N(C)C)cc1C(=O)O. The van der Waals surface area contributed by atoms with Gasteiger partial charge in [0.15, 0.2) is 0 Å². The molecule has 156 valence electrons. The van der Waals surface area contributed by atoms with E-state index in [0.29, 0.717) is 0 Å². The lowest BCUT2D eigenvalue weighted by Gasteiger charge is -2.24. The summed E-state index contributed by atoms with van der Waals surface area (Å²) in [6, 6.07) is 21.6. The minimum atomic E-state index is -0.946. The number of nitrogens with zero attached hydrogens (tertiary/aromatic N) is 2. The average Bonchev–Trinajstić information content (AvgIpc) is 2.74. The van der Waals surface area contributed by atoms with Crippen molar-refractivity contribution < 1.29 is 14.6 Å². The Balaban J connectivity index is 2.26. The van der Waals surface area contributed by atoms with Crippen LogP contribution < -0.4 is 14.5 Å². The van der Waals surface area contributed by atoms with Crippen LogP contribution in [0.2, 0.25) is 0 Å². The minimum absolute atomic E-state index is 0.278. The van der Waals surface area contributed by atoms with Crippen molar-refractivity contribution in [1.29, 1.82) is 0 Å². The molecule has 30 heavy (non-hydrogen) atoms. The van der Waals surface area contributed by atoms with Crippen LogP contribution in [0.1, 0.15) is 33.0 Å². The molecule has 0 heterocycles. The van der Waals surface area contributed by atoms with Gasteiger partial charge in [-0.2, -0.15) is 0 Å². The summed E-state index contributed by atoms with van der Waals surface area (Å²) < 4.78 is 5.63. The Morgan fingerprint density at radius 1 is 0.833 bits per heavy atom. The van der Waals surface area contributed by atoms with E-state index in [4.69, 9.17) is 4.74 Å². The maximum absolute atomic E-state index is 12.2. The Bertz CT molecular complexity index is 1030. The fraction of sp³-hybridized carbons (Fsp3) is 0.240. The van der Waals surface area contributed by atoms with Crippen molar-refractivity contribution in [3.63, 3.8) is 0 Å². The molecule has 0 aliphatic rings. The average molecular weight is 405 g/mol. The smallest absolute Gasteiger partial charge is 0.336 e. The van der Waals surface area contributed by atoms with E-state index >= 15 is 0 Å². The minimum Gasteiger partial charge on any atom is -0.496 e. The van der Waals surface area contributed by atoms with Gasteiger partial charge in [-0.05, 0) is 41.5 Å². The van der Waals surface area contributed by atoms with Crippen molar-refractivity contribution >= 4 is 17.3 Å². The fourth-order valence-corrected chi connectivity index (χ4v) is 3.66. The Morgan fingerprint density at radius 2 is 1.43 bits per heavy atom. The van der Waals surface area contributed by atoms with E-state index < -0.39 is 5.97 Å². The first kappa shape index (κ1) is 21.2.